The Bertz CT molecular complexity index is 678. The second kappa shape index (κ2) is 7.00. The highest BCUT2D eigenvalue weighted by molar-refractivity contribution is 7.09. The highest BCUT2D eigenvalue weighted by Crippen LogP contribution is 2.23. The highest BCUT2D eigenvalue weighted by atomic mass is 32.1. The molecule has 3 rings (SSSR count). The molecule has 122 valence electrons. The molecule has 0 spiro atoms. The van der Waals surface area contributed by atoms with Crippen LogP contribution < -0.4 is 5.32 Å². The van der Waals surface area contributed by atoms with Gasteiger partial charge < -0.3 is 14.6 Å². The van der Waals surface area contributed by atoms with E-state index in [9.17, 15) is 9.59 Å². The Morgan fingerprint density at radius 3 is 3.00 bits per heavy atom. The van der Waals surface area contributed by atoms with E-state index in [0.717, 1.165) is 16.4 Å². The maximum atomic E-state index is 12.4. The number of furan rings is 1. The summed E-state index contributed by atoms with van der Waals surface area (Å²) in [6.07, 6.45) is 1.70. The fraction of sp³-hybridized carbons (Fsp3) is 0.412. The van der Waals surface area contributed by atoms with E-state index < -0.39 is 0 Å². The largest absolute Gasteiger partial charge is 0.466 e. The standard InChI is InChI=1S/C17H20N2O3S/c1-12-4-5-13(22-12)8-9-18-17(21)15-6-7-16(20)19(15)11-14-3-2-10-23-14/h2-5,10,15H,6-9,11H2,1H3,(H,18,21). The van der Waals surface area contributed by atoms with Crippen molar-refractivity contribution < 1.29 is 14.0 Å². The molecule has 1 saturated heterocycles. The molecule has 1 fully saturated rings. The van der Waals surface area contributed by atoms with Gasteiger partial charge in [0.05, 0.1) is 6.54 Å². The van der Waals surface area contributed by atoms with Crippen molar-refractivity contribution in [3.8, 4) is 0 Å². The zero-order valence-electron chi connectivity index (χ0n) is 13.1. The second-order valence-corrected chi connectivity index (χ2v) is 6.74. The monoisotopic (exact) mass is 332 g/mol. The normalized spacial score (nSPS) is 17.7. The van der Waals surface area contributed by atoms with Gasteiger partial charge in [-0.1, -0.05) is 6.07 Å². The molecule has 1 aliphatic heterocycles. The lowest BCUT2D eigenvalue weighted by Gasteiger charge is -2.23. The Labute approximate surface area is 139 Å². The van der Waals surface area contributed by atoms with Crippen LogP contribution in [0.4, 0.5) is 0 Å². The summed E-state index contributed by atoms with van der Waals surface area (Å²) >= 11 is 1.61. The number of nitrogens with zero attached hydrogens (tertiary/aromatic N) is 1. The van der Waals surface area contributed by atoms with Crippen molar-refractivity contribution in [3.63, 3.8) is 0 Å². The minimum Gasteiger partial charge on any atom is -0.466 e. The Morgan fingerprint density at radius 2 is 2.30 bits per heavy atom. The van der Waals surface area contributed by atoms with Crippen LogP contribution in [0.2, 0.25) is 0 Å². The Balaban J connectivity index is 1.53. The molecule has 0 aliphatic carbocycles. The maximum Gasteiger partial charge on any atom is 0.242 e. The predicted molar refractivity (Wildman–Crippen MR) is 88.0 cm³/mol. The summed E-state index contributed by atoms with van der Waals surface area (Å²) in [6.45, 7) is 2.93. The van der Waals surface area contributed by atoms with E-state index in [4.69, 9.17) is 4.42 Å². The van der Waals surface area contributed by atoms with Crippen molar-refractivity contribution in [2.75, 3.05) is 6.54 Å². The topological polar surface area (TPSA) is 62.6 Å². The molecule has 0 bridgehead atoms. The zero-order chi connectivity index (χ0) is 16.2. The van der Waals surface area contributed by atoms with Crippen molar-refractivity contribution in [1.82, 2.24) is 10.2 Å². The fourth-order valence-electron chi connectivity index (χ4n) is 2.82. The van der Waals surface area contributed by atoms with E-state index in [1.54, 1.807) is 16.2 Å². The SMILES string of the molecule is Cc1ccc(CCNC(=O)C2CCC(=O)N2Cc2cccs2)o1. The van der Waals surface area contributed by atoms with Crippen LogP contribution in [0, 0.1) is 6.92 Å². The van der Waals surface area contributed by atoms with Crippen molar-refractivity contribution in [2.24, 2.45) is 0 Å². The fourth-order valence-corrected chi connectivity index (χ4v) is 3.52. The summed E-state index contributed by atoms with van der Waals surface area (Å²) in [7, 11) is 0. The first-order valence-electron chi connectivity index (χ1n) is 7.78. The molecule has 3 heterocycles. The lowest BCUT2D eigenvalue weighted by molar-refractivity contribution is -0.135. The maximum absolute atomic E-state index is 12.4. The Kier molecular flexibility index (Phi) is 4.81. The number of carbonyl (C=O) groups excluding carboxylic acids is 2. The van der Waals surface area contributed by atoms with Gasteiger partial charge in [-0.15, -0.1) is 11.3 Å². The van der Waals surface area contributed by atoms with Crippen molar-refractivity contribution in [2.45, 2.75) is 38.8 Å². The first-order valence-corrected chi connectivity index (χ1v) is 8.66. The van der Waals surface area contributed by atoms with Gasteiger partial charge in [-0.05, 0) is 36.9 Å². The number of aryl methyl sites for hydroxylation is 1. The smallest absolute Gasteiger partial charge is 0.242 e. The average Bonchev–Trinajstić information content (AvgIpc) is 3.24. The number of carbonyl (C=O) groups is 2. The number of hydrogen-bond donors (Lipinski definition) is 1. The molecule has 6 heteroatoms. The molecule has 1 unspecified atom stereocenters. The third kappa shape index (κ3) is 3.82. The molecule has 2 aromatic rings. The van der Waals surface area contributed by atoms with Crippen LogP contribution in [0.15, 0.2) is 34.1 Å². The van der Waals surface area contributed by atoms with E-state index in [1.807, 2.05) is 36.6 Å². The Morgan fingerprint density at radius 1 is 1.43 bits per heavy atom. The van der Waals surface area contributed by atoms with Gasteiger partial charge in [-0.25, -0.2) is 0 Å². The van der Waals surface area contributed by atoms with Gasteiger partial charge in [0.1, 0.15) is 17.6 Å². The second-order valence-electron chi connectivity index (χ2n) is 5.71. The van der Waals surface area contributed by atoms with Crippen LogP contribution in [-0.2, 0) is 22.6 Å². The molecule has 1 aliphatic rings. The molecule has 2 amide bonds. The van der Waals surface area contributed by atoms with E-state index in [0.29, 0.717) is 32.4 Å². The van der Waals surface area contributed by atoms with E-state index in [1.165, 1.54) is 0 Å². The first kappa shape index (κ1) is 15.8. The number of likely N-dealkylation sites (tertiary alicyclic amines) is 1. The summed E-state index contributed by atoms with van der Waals surface area (Å²) in [6, 6.07) is 7.42. The van der Waals surface area contributed by atoms with Gasteiger partial charge in [-0.2, -0.15) is 0 Å². The lowest BCUT2D eigenvalue weighted by atomic mass is 10.2. The average molecular weight is 332 g/mol. The molecule has 23 heavy (non-hydrogen) atoms. The van der Waals surface area contributed by atoms with Gasteiger partial charge in [0.25, 0.3) is 0 Å². The van der Waals surface area contributed by atoms with Crippen LogP contribution in [0.1, 0.15) is 29.2 Å². The molecular weight excluding hydrogens is 312 g/mol. The van der Waals surface area contributed by atoms with Crippen molar-refractivity contribution >= 4 is 23.2 Å². The van der Waals surface area contributed by atoms with Gasteiger partial charge in [0.15, 0.2) is 0 Å². The molecular formula is C17H20N2O3S. The Hall–Kier alpha value is -2.08. The summed E-state index contributed by atoms with van der Waals surface area (Å²) in [5.41, 5.74) is 0. The van der Waals surface area contributed by atoms with E-state index in [-0.39, 0.29) is 17.9 Å². The number of amides is 2. The van der Waals surface area contributed by atoms with Gasteiger partial charge >= 0.3 is 0 Å². The summed E-state index contributed by atoms with van der Waals surface area (Å²) in [5.74, 6) is 1.71. The van der Waals surface area contributed by atoms with Crippen LogP contribution >= 0.6 is 11.3 Å². The number of rotatable bonds is 6. The van der Waals surface area contributed by atoms with Crippen LogP contribution in [-0.4, -0.2) is 29.3 Å². The lowest BCUT2D eigenvalue weighted by Crippen LogP contribution is -2.44. The minimum absolute atomic E-state index is 0.0557. The number of nitrogens with one attached hydrogen (secondary N) is 1. The third-order valence-electron chi connectivity index (χ3n) is 4.00. The number of thiophene rings is 1. The van der Waals surface area contributed by atoms with E-state index >= 15 is 0 Å². The zero-order valence-corrected chi connectivity index (χ0v) is 13.9. The quantitative estimate of drug-likeness (QED) is 0.884. The van der Waals surface area contributed by atoms with Gasteiger partial charge in [0.2, 0.25) is 11.8 Å². The molecule has 1 N–H and O–H groups in total. The van der Waals surface area contributed by atoms with Crippen LogP contribution in [0.25, 0.3) is 0 Å². The van der Waals surface area contributed by atoms with Crippen LogP contribution in [0.5, 0.6) is 0 Å². The molecule has 5 nitrogen and oxygen atoms in total. The molecule has 1 atom stereocenters. The summed E-state index contributed by atoms with van der Waals surface area (Å²) in [4.78, 5) is 27.2. The molecule has 2 aromatic heterocycles. The van der Waals surface area contributed by atoms with Crippen LogP contribution in [0.3, 0.4) is 0 Å². The van der Waals surface area contributed by atoms with Crippen molar-refractivity contribution in [1.29, 1.82) is 0 Å². The first-order chi connectivity index (χ1) is 11.1. The summed E-state index contributed by atoms with van der Waals surface area (Å²) < 4.78 is 5.48. The summed E-state index contributed by atoms with van der Waals surface area (Å²) in [5, 5.41) is 4.91. The molecule has 0 aromatic carbocycles. The molecule has 0 saturated carbocycles. The minimum atomic E-state index is -0.358. The predicted octanol–water partition coefficient (Wildman–Crippen LogP) is 2.50. The van der Waals surface area contributed by atoms with Gasteiger partial charge in [-0.3, -0.25) is 9.59 Å². The highest BCUT2D eigenvalue weighted by Gasteiger charge is 2.35. The molecule has 0 radical (unpaired) electrons. The number of hydrogen-bond acceptors (Lipinski definition) is 4. The van der Waals surface area contributed by atoms with E-state index in [2.05, 4.69) is 5.32 Å². The third-order valence-corrected chi connectivity index (χ3v) is 4.86. The van der Waals surface area contributed by atoms with Crippen molar-refractivity contribution in [3.05, 3.63) is 46.0 Å². The van der Waals surface area contributed by atoms with Gasteiger partial charge in [0, 0.05) is 24.3 Å².